The lowest BCUT2D eigenvalue weighted by atomic mass is 10.1. The van der Waals surface area contributed by atoms with Crippen LogP contribution in [0.5, 0.6) is 0 Å². The summed E-state index contributed by atoms with van der Waals surface area (Å²) in [6.07, 6.45) is 4.08. The van der Waals surface area contributed by atoms with Gasteiger partial charge >= 0.3 is 0 Å². The lowest BCUT2D eigenvalue weighted by Crippen LogP contribution is -2.35. The third-order valence-electron chi connectivity index (χ3n) is 3.30. The normalized spacial score (nSPS) is 23.3. The van der Waals surface area contributed by atoms with E-state index in [-0.39, 0.29) is 5.91 Å². The molecule has 4 nitrogen and oxygen atoms in total. The van der Waals surface area contributed by atoms with Crippen LogP contribution >= 0.6 is 0 Å². The number of nitrogens with one attached hydrogen (secondary N) is 1. The monoisotopic (exact) mass is 227 g/mol. The Bertz CT molecular complexity index is 218. The summed E-state index contributed by atoms with van der Waals surface area (Å²) >= 11 is 0. The fourth-order valence-electron chi connectivity index (χ4n) is 2.24. The zero-order valence-corrected chi connectivity index (χ0v) is 10.5. The zero-order valence-electron chi connectivity index (χ0n) is 10.5. The highest BCUT2D eigenvalue weighted by Gasteiger charge is 2.17. The molecular formula is C12H25N3O. The second-order valence-electron chi connectivity index (χ2n) is 4.93. The van der Waals surface area contributed by atoms with Gasteiger partial charge in [-0.15, -0.1) is 0 Å². The summed E-state index contributed by atoms with van der Waals surface area (Å²) < 4.78 is 0. The highest BCUT2D eigenvalue weighted by molar-refractivity contribution is 5.73. The Kier molecular flexibility index (Phi) is 5.77. The zero-order chi connectivity index (χ0) is 12.0. The van der Waals surface area contributed by atoms with Crippen molar-refractivity contribution < 1.29 is 4.79 Å². The molecule has 0 aromatic carbocycles. The van der Waals surface area contributed by atoms with E-state index in [1.54, 1.807) is 0 Å². The molecular weight excluding hydrogens is 202 g/mol. The predicted molar refractivity (Wildman–Crippen MR) is 66.2 cm³/mol. The van der Waals surface area contributed by atoms with Crippen molar-refractivity contribution in [1.82, 2.24) is 10.2 Å². The Hall–Kier alpha value is -0.610. The van der Waals surface area contributed by atoms with Crippen molar-refractivity contribution in [3.8, 4) is 0 Å². The van der Waals surface area contributed by atoms with Gasteiger partial charge in [0.2, 0.25) is 5.91 Å². The van der Waals surface area contributed by atoms with Gasteiger partial charge in [-0.05, 0) is 46.2 Å². The maximum Gasteiger partial charge on any atom is 0.218 e. The van der Waals surface area contributed by atoms with Gasteiger partial charge in [-0.3, -0.25) is 4.79 Å². The Balaban J connectivity index is 2.22. The van der Waals surface area contributed by atoms with Crippen LogP contribution in [0, 0.1) is 0 Å². The number of amides is 1. The summed E-state index contributed by atoms with van der Waals surface area (Å²) in [5.41, 5.74) is 5.11. The lowest BCUT2D eigenvalue weighted by molar-refractivity contribution is -0.117. The average Bonchev–Trinajstić information content (AvgIpc) is 2.42. The van der Waals surface area contributed by atoms with E-state index in [9.17, 15) is 4.79 Å². The number of carbonyl (C=O) groups is 1. The molecule has 0 radical (unpaired) electrons. The largest absolute Gasteiger partial charge is 0.370 e. The third-order valence-corrected chi connectivity index (χ3v) is 3.30. The van der Waals surface area contributed by atoms with Gasteiger partial charge in [0.05, 0.1) is 0 Å². The molecule has 1 heterocycles. The van der Waals surface area contributed by atoms with E-state index >= 15 is 0 Å². The molecule has 0 aromatic heterocycles. The van der Waals surface area contributed by atoms with Gasteiger partial charge in [-0.1, -0.05) is 0 Å². The maximum atomic E-state index is 10.6. The quantitative estimate of drug-likeness (QED) is 0.727. The van der Waals surface area contributed by atoms with Gasteiger partial charge in [0.25, 0.3) is 0 Å². The molecule has 16 heavy (non-hydrogen) atoms. The minimum absolute atomic E-state index is 0.218. The van der Waals surface area contributed by atoms with Crippen LogP contribution in [0.1, 0.15) is 39.5 Å². The molecule has 1 amide bonds. The standard InChI is InChI=1S/C12H25N3O/c1-10(2)15-8-3-4-11(6-9-15)14-7-5-12(13)16/h10-11,14H,3-9H2,1-2H3,(H2,13,16). The minimum atomic E-state index is -0.218. The van der Waals surface area contributed by atoms with Gasteiger partial charge < -0.3 is 16.0 Å². The van der Waals surface area contributed by atoms with Crippen LogP contribution < -0.4 is 11.1 Å². The summed E-state index contributed by atoms with van der Waals surface area (Å²) in [5.74, 6) is -0.218. The van der Waals surface area contributed by atoms with E-state index in [1.165, 1.54) is 25.8 Å². The number of primary amides is 1. The number of likely N-dealkylation sites (tertiary alicyclic amines) is 1. The van der Waals surface area contributed by atoms with E-state index in [0.29, 0.717) is 18.5 Å². The SMILES string of the molecule is CC(C)N1CCCC(NCCC(N)=O)CC1. The Morgan fingerprint density at radius 1 is 1.44 bits per heavy atom. The topological polar surface area (TPSA) is 58.4 Å². The van der Waals surface area contributed by atoms with Crippen molar-refractivity contribution >= 4 is 5.91 Å². The summed E-state index contributed by atoms with van der Waals surface area (Å²) in [5, 5.41) is 3.42. The Labute approximate surface area is 98.6 Å². The highest BCUT2D eigenvalue weighted by Crippen LogP contribution is 2.13. The van der Waals surface area contributed by atoms with E-state index in [2.05, 4.69) is 24.1 Å². The first-order chi connectivity index (χ1) is 7.59. The summed E-state index contributed by atoms with van der Waals surface area (Å²) in [6.45, 7) is 7.58. The van der Waals surface area contributed by atoms with Crippen molar-refractivity contribution in [3.63, 3.8) is 0 Å². The second kappa shape index (κ2) is 6.86. The van der Waals surface area contributed by atoms with Crippen molar-refractivity contribution in [2.24, 2.45) is 5.73 Å². The number of hydrogen-bond acceptors (Lipinski definition) is 3. The molecule has 4 heteroatoms. The number of hydrogen-bond donors (Lipinski definition) is 2. The van der Waals surface area contributed by atoms with Crippen molar-refractivity contribution in [2.45, 2.75) is 51.6 Å². The highest BCUT2D eigenvalue weighted by atomic mass is 16.1. The van der Waals surface area contributed by atoms with Crippen LogP contribution in [0.2, 0.25) is 0 Å². The molecule has 1 aliphatic heterocycles. The summed E-state index contributed by atoms with van der Waals surface area (Å²) in [6, 6.07) is 1.20. The molecule has 1 atom stereocenters. The van der Waals surface area contributed by atoms with E-state index in [0.717, 1.165) is 13.1 Å². The van der Waals surface area contributed by atoms with E-state index in [1.807, 2.05) is 0 Å². The predicted octanol–water partition coefficient (Wildman–Crippen LogP) is 0.714. The number of nitrogens with two attached hydrogens (primary N) is 1. The molecule has 0 aromatic rings. The van der Waals surface area contributed by atoms with Crippen LogP contribution in [0.25, 0.3) is 0 Å². The average molecular weight is 227 g/mol. The summed E-state index contributed by atoms with van der Waals surface area (Å²) in [4.78, 5) is 13.1. The van der Waals surface area contributed by atoms with E-state index < -0.39 is 0 Å². The van der Waals surface area contributed by atoms with Crippen molar-refractivity contribution in [3.05, 3.63) is 0 Å². The molecule has 0 aliphatic carbocycles. The molecule has 94 valence electrons. The minimum Gasteiger partial charge on any atom is -0.370 e. The number of carbonyl (C=O) groups excluding carboxylic acids is 1. The van der Waals surface area contributed by atoms with Crippen LogP contribution in [0.4, 0.5) is 0 Å². The van der Waals surface area contributed by atoms with Gasteiger partial charge in [-0.25, -0.2) is 0 Å². The molecule has 0 spiro atoms. The molecule has 1 aliphatic rings. The third kappa shape index (κ3) is 4.94. The molecule has 1 saturated heterocycles. The Morgan fingerprint density at radius 3 is 2.81 bits per heavy atom. The number of rotatable bonds is 5. The summed E-state index contributed by atoms with van der Waals surface area (Å²) in [7, 11) is 0. The molecule has 1 unspecified atom stereocenters. The molecule has 0 saturated carbocycles. The first-order valence-electron chi connectivity index (χ1n) is 6.35. The number of nitrogens with zero attached hydrogens (tertiary/aromatic N) is 1. The van der Waals surface area contributed by atoms with Crippen molar-refractivity contribution in [2.75, 3.05) is 19.6 Å². The van der Waals surface area contributed by atoms with E-state index in [4.69, 9.17) is 5.73 Å². The molecule has 1 fully saturated rings. The van der Waals surface area contributed by atoms with Gasteiger partial charge in [0.1, 0.15) is 0 Å². The second-order valence-corrected chi connectivity index (χ2v) is 4.93. The van der Waals surface area contributed by atoms with Crippen LogP contribution in [-0.2, 0) is 4.79 Å². The lowest BCUT2D eigenvalue weighted by Gasteiger charge is -2.24. The molecule has 3 N–H and O–H groups in total. The van der Waals surface area contributed by atoms with Crippen LogP contribution in [0.3, 0.4) is 0 Å². The first kappa shape index (κ1) is 13.5. The smallest absolute Gasteiger partial charge is 0.218 e. The molecule has 0 bridgehead atoms. The van der Waals surface area contributed by atoms with Gasteiger partial charge in [0.15, 0.2) is 0 Å². The van der Waals surface area contributed by atoms with Gasteiger partial charge in [0, 0.05) is 25.0 Å². The van der Waals surface area contributed by atoms with Gasteiger partial charge in [-0.2, -0.15) is 0 Å². The first-order valence-corrected chi connectivity index (χ1v) is 6.35. The fourth-order valence-corrected chi connectivity index (χ4v) is 2.24. The Morgan fingerprint density at radius 2 is 2.19 bits per heavy atom. The molecule has 1 rings (SSSR count). The maximum absolute atomic E-state index is 10.6. The van der Waals surface area contributed by atoms with Crippen LogP contribution in [-0.4, -0.2) is 42.5 Å². The van der Waals surface area contributed by atoms with Crippen LogP contribution in [0.15, 0.2) is 0 Å². The fraction of sp³-hybridized carbons (Fsp3) is 0.917. The van der Waals surface area contributed by atoms with Crippen molar-refractivity contribution in [1.29, 1.82) is 0 Å².